The van der Waals surface area contributed by atoms with E-state index in [9.17, 15) is 4.79 Å². The molecule has 0 amide bonds. The van der Waals surface area contributed by atoms with E-state index in [0.717, 1.165) is 0 Å². The summed E-state index contributed by atoms with van der Waals surface area (Å²) in [5.74, 6) is -0.599. The van der Waals surface area contributed by atoms with E-state index in [1.54, 1.807) is 6.92 Å². The Bertz CT molecular complexity index is 212. The van der Waals surface area contributed by atoms with Crippen LogP contribution in [0.3, 0.4) is 0 Å². The first-order valence-electron chi connectivity index (χ1n) is 2.75. The molecule has 0 saturated heterocycles. The van der Waals surface area contributed by atoms with Crippen molar-refractivity contribution >= 4 is 5.97 Å². The summed E-state index contributed by atoms with van der Waals surface area (Å²) in [5, 5.41) is 12.2. The molecule has 1 N–H and O–H groups in total. The molecular weight excluding hydrogens is 159 g/mol. The molecule has 0 aliphatic carbocycles. The second kappa shape index (κ2) is 5.22. The number of rotatable bonds is 2. The topological polar surface area (TPSA) is 80.8 Å². The number of tetrazole rings is 1. The van der Waals surface area contributed by atoms with E-state index in [-0.39, 0.29) is 35.4 Å². The van der Waals surface area contributed by atoms with Crippen molar-refractivity contribution in [2.75, 3.05) is 6.61 Å². The normalized spacial score (nSPS) is 8.45. The maximum atomic E-state index is 10.7. The number of carbonyl (C=O) groups excluding carboxylic acids is 1. The average Bonchev–Trinajstić information content (AvgIpc) is 2.38. The van der Waals surface area contributed by atoms with E-state index in [2.05, 4.69) is 25.4 Å². The molecule has 6 nitrogen and oxygen atoms in total. The number of hydrogen-bond acceptors (Lipinski definition) is 5. The Hall–Kier alpha value is -0.460. The van der Waals surface area contributed by atoms with Crippen molar-refractivity contribution in [1.82, 2.24) is 20.6 Å². The fraction of sp³-hybridized carbons (Fsp3) is 0.500. The number of hydrogen-bond donors (Lipinski definition) is 1. The van der Waals surface area contributed by atoms with Gasteiger partial charge in [0.1, 0.15) is 0 Å². The van der Waals surface area contributed by atoms with Crippen molar-refractivity contribution in [2.45, 2.75) is 6.92 Å². The summed E-state index contributed by atoms with van der Waals surface area (Å²) in [6.45, 7) is 2.02. The van der Waals surface area contributed by atoms with Gasteiger partial charge in [-0.05, 0) is 12.1 Å². The van der Waals surface area contributed by atoms with Gasteiger partial charge in [0, 0.05) is 0 Å². The summed E-state index contributed by atoms with van der Waals surface area (Å²) in [6, 6.07) is 0. The van der Waals surface area contributed by atoms with Crippen LogP contribution in [0.2, 0.25) is 0 Å². The van der Waals surface area contributed by atoms with Gasteiger partial charge in [-0.1, -0.05) is 0 Å². The predicted molar refractivity (Wildman–Crippen MR) is 30.1 cm³/mol. The van der Waals surface area contributed by atoms with Gasteiger partial charge < -0.3 is 4.74 Å². The van der Waals surface area contributed by atoms with Crippen molar-refractivity contribution in [3.05, 3.63) is 5.82 Å². The van der Waals surface area contributed by atoms with E-state index < -0.39 is 5.97 Å². The summed E-state index contributed by atoms with van der Waals surface area (Å²) in [4.78, 5) is 10.7. The molecule has 54 valence electrons. The minimum absolute atomic E-state index is 0. The van der Waals surface area contributed by atoms with Gasteiger partial charge in [0.15, 0.2) is 0 Å². The number of aromatic amines is 1. The van der Waals surface area contributed by atoms with Gasteiger partial charge in [-0.2, -0.15) is 5.21 Å². The second-order valence-corrected chi connectivity index (χ2v) is 1.46. The fourth-order valence-corrected chi connectivity index (χ4v) is 0.444. The number of carbonyl (C=O) groups is 1. The monoisotopic (exact) mass is 165 g/mol. The first-order valence-corrected chi connectivity index (χ1v) is 2.75. The molecule has 0 radical (unpaired) electrons. The maximum absolute atomic E-state index is 10.7. The molecule has 0 aliphatic heterocycles. The van der Waals surface area contributed by atoms with E-state index in [4.69, 9.17) is 0 Å². The van der Waals surface area contributed by atoms with Gasteiger partial charge in [0.25, 0.3) is 5.82 Å². The van der Waals surface area contributed by atoms with Crippen LogP contribution in [0.5, 0.6) is 0 Å². The van der Waals surface area contributed by atoms with Gasteiger partial charge in [-0.15, -0.1) is 10.2 Å². The third-order valence-corrected chi connectivity index (χ3v) is 0.803. The average molecular weight is 165 g/mol. The van der Waals surface area contributed by atoms with Crippen LogP contribution in [0.15, 0.2) is 0 Å². The fourth-order valence-electron chi connectivity index (χ4n) is 0.444. The molecule has 0 saturated carbocycles. The number of H-pyrrole nitrogens is 1. The number of ether oxygens (including phenoxy) is 1. The van der Waals surface area contributed by atoms with Crippen LogP contribution in [0.1, 0.15) is 17.5 Å². The summed E-state index contributed by atoms with van der Waals surface area (Å²) in [5.41, 5.74) is 0. The number of esters is 1. The van der Waals surface area contributed by atoms with E-state index in [0.29, 0.717) is 6.61 Å². The second-order valence-electron chi connectivity index (χ2n) is 1.46. The molecule has 1 rings (SSSR count). The molecule has 0 fully saturated rings. The SMILES string of the molecule is CCOC(=O)c1nn[nH]n1.[Na+]. The Morgan fingerprint density at radius 3 is 2.91 bits per heavy atom. The molecule has 1 aromatic heterocycles. The van der Waals surface area contributed by atoms with Gasteiger partial charge >= 0.3 is 35.5 Å². The Balaban J connectivity index is 0.000001000. The standard InChI is InChI=1S/C4H6N4O2.Na/c1-2-10-4(9)3-5-7-8-6-3;/h2H2,1H3,(H,5,6,7,8);/q;+1. The zero-order valence-electron chi connectivity index (χ0n) is 6.37. The van der Waals surface area contributed by atoms with Crippen LogP contribution in [0.25, 0.3) is 0 Å². The van der Waals surface area contributed by atoms with Gasteiger partial charge in [-0.25, -0.2) is 4.79 Å². The number of nitrogens with zero attached hydrogens (tertiary/aromatic N) is 3. The maximum Gasteiger partial charge on any atom is 1.00 e. The Morgan fingerprint density at radius 2 is 2.45 bits per heavy atom. The van der Waals surface area contributed by atoms with Gasteiger partial charge in [0.2, 0.25) is 0 Å². The Labute approximate surface area is 85.0 Å². The van der Waals surface area contributed by atoms with Crippen molar-refractivity contribution < 1.29 is 39.1 Å². The summed E-state index contributed by atoms with van der Waals surface area (Å²) < 4.78 is 4.56. The molecule has 7 heteroatoms. The van der Waals surface area contributed by atoms with Gasteiger partial charge in [-0.3, -0.25) is 0 Å². The Morgan fingerprint density at radius 1 is 1.73 bits per heavy atom. The number of nitrogens with one attached hydrogen (secondary N) is 1. The van der Waals surface area contributed by atoms with Crippen molar-refractivity contribution in [1.29, 1.82) is 0 Å². The predicted octanol–water partition coefficient (Wildman–Crippen LogP) is -3.62. The van der Waals surface area contributed by atoms with Crippen LogP contribution in [0, 0.1) is 0 Å². The molecule has 0 atom stereocenters. The quantitative estimate of drug-likeness (QED) is 0.361. The molecule has 0 aliphatic rings. The zero-order valence-corrected chi connectivity index (χ0v) is 8.37. The molecule has 0 spiro atoms. The first-order chi connectivity index (χ1) is 4.84. The molecule has 1 aromatic rings. The zero-order chi connectivity index (χ0) is 7.40. The van der Waals surface area contributed by atoms with E-state index >= 15 is 0 Å². The third kappa shape index (κ3) is 2.96. The summed E-state index contributed by atoms with van der Waals surface area (Å²) in [6.07, 6.45) is 0. The van der Waals surface area contributed by atoms with E-state index in [1.807, 2.05) is 0 Å². The van der Waals surface area contributed by atoms with Crippen LogP contribution in [0.4, 0.5) is 0 Å². The molecule has 0 aromatic carbocycles. The largest absolute Gasteiger partial charge is 1.00 e. The Kier molecular flexibility index (Phi) is 5.01. The molecule has 11 heavy (non-hydrogen) atoms. The van der Waals surface area contributed by atoms with Crippen LogP contribution >= 0.6 is 0 Å². The van der Waals surface area contributed by atoms with Crippen LogP contribution < -0.4 is 29.6 Å². The van der Waals surface area contributed by atoms with Crippen molar-refractivity contribution in [3.63, 3.8) is 0 Å². The van der Waals surface area contributed by atoms with Crippen molar-refractivity contribution in [2.24, 2.45) is 0 Å². The van der Waals surface area contributed by atoms with Gasteiger partial charge in [0.05, 0.1) is 6.61 Å². The minimum atomic E-state index is -0.559. The number of aromatic nitrogens is 4. The van der Waals surface area contributed by atoms with Crippen molar-refractivity contribution in [3.8, 4) is 0 Å². The molecule has 0 unspecified atom stereocenters. The van der Waals surface area contributed by atoms with E-state index in [1.165, 1.54) is 0 Å². The van der Waals surface area contributed by atoms with Crippen LogP contribution in [-0.4, -0.2) is 33.2 Å². The minimum Gasteiger partial charge on any atom is -0.460 e. The molecular formula is C4H6N4NaO2+. The molecule has 0 bridgehead atoms. The first kappa shape index (κ1) is 10.5. The summed E-state index contributed by atoms with van der Waals surface area (Å²) >= 11 is 0. The molecule has 1 heterocycles. The summed E-state index contributed by atoms with van der Waals surface area (Å²) in [7, 11) is 0. The smallest absolute Gasteiger partial charge is 0.460 e. The third-order valence-electron chi connectivity index (χ3n) is 0.803. The van der Waals surface area contributed by atoms with Crippen LogP contribution in [-0.2, 0) is 4.74 Å².